The number of hydrogen-bond donors (Lipinski definition) is 0. The Hall–Kier alpha value is -8.08. The zero-order chi connectivity index (χ0) is 39.8. The molecule has 4 heterocycles. The van der Waals surface area contributed by atoms with E-state index in [1.54, 1.807) is 0 Å². The molecule has 11 aromatic rings. The van der Waals surface area contributed by atoms with Gasteiger partial charge in [0.05, 0.1) is 33.8 Å². The molecule has 0 aliphatic heterocycles. The van der Waals surface area contributed by atoms with Crippen LogP contribution in [0, 0.1) is 0 Å². The minimum absolute atomic E-state index is 0.856. The predicted octanol–water partition coefficient (Wildman–Crippen LogP) is 14.4. The Morgan fingerprint density at radius 1 is 0.250 bits per heavy atom. The molecule has 0 amide bonds. The maximum absolute atomic E-state index is 5.57. The van der Waals surface area contributed by atoms with Crippen LogP contribution in [0.3, 0.4) is 0 Å². The molecule has 0 saturated heterocycles. The van der Waals surface area contributed by atoms with Crippen molar-refractivity contribution in [1.82, 2.24) is 19.9 Å². The number of nitrogens with zero attached hydrogens (tertiary/aromatic N) is 4. The molecular formula is C56H36N4. The van der Waals surface area contributed by atoms with Crippen LogP contribution in [0.15, 0.2) is 219 Å². The highest BCUT2D eigenvalue weighted by atomic mass is 14.8. The van der Waals surface area contributed by atoms with Gasteiger partial charge in [-0.1, -0.05) is 170 Å². The lowest BCUT2D eigenvalue weighted by atomic mass is 9.92. The van der Waals surface area contributed by atoms with Gasteiger partial charge < -0.3 is 0 Å². The first kappa shape index (κ1) is 35.1. The van der Waals surface area contributed by atoms with E-state index in [9.17, 15) is 0 Å². The van der Waals surface area contributed by atoms with Crippen LogP contribution in [-0.4, -0.2) is 19.9 Å². The van der Waals surface area contributed by atoms with Gasteiger partial charge in [0.25, 0.3) is 0 Å². The lowest BCUT2D eigenvalue weighted by molar-refractivity contribution is 1.33. The highest BCUT2D eigenvalue weighted by molar-refractivity contribution is 6.14. The Morgan fingerprint density at radius 3 is 1.28 bits per heavy atom. The van der Waals surface area contributed by atoms with Crippen molar-refractivity contribution in [3.05, 3.63) is 219 Å². The summed E-state index contributed by atoms with van der Waals surface area (Å²) in [6.45, 7) is 0. The summed E-state index contributed by atoms with van der Waals surface area (Å²) in [6, 6.07) is 72.6. The van der Waals surface area contributed by atoms with Crippen LogP contribution in [-0.2, 0) is 0 Å². The van der Waals surface area contributed by atoms with Gasteiger partial charge in [0.1, 0.15) is 0 Å². The van der Waals surface area contributed by atoms with E-state index in [0.29, 0.717) is 0 Å². The molecule has 4 aromatic heterocycles. The average Bonchev–Trinajstić information content (AvgIpc) is 3.34. The SMILES string of the molecule is c1ccc(-c2ccc(-c3cc(-c4ccc(-c5ccccn5)cc4)c4ccc5c(-c6ccc(-c7ccccn7)cc6)cc(-c6cccc7ccccc67)nc5c4n3)cc2)cc1. The first-order valence-electron chi connectivity index (χ1n) is 20.2. The van der Waals surface area contributed by atoms with E-state index in [2.05, 4.69) is 174 Å². The lowest BCUT2D eigenvalue weighted by Gasteiger charge is -2.16. The summed E-state index contributed by atoms with van der Waals surface area (Å²) in [5.41, 5.74) is 16.4. The molecule has 0 aliphatic rings. The van der Waals surface area contributed by atoms with Crippen molar-refractivity contribution in [2.45, 2.75) is 0 Å². The van der Waals surface area contributed by atoms with Crippen molar-refractivity contribution >= 4 is 32.6 Å². The molecule has 7 aromatic carbocycles. The van der Waals surface area contributed by atoms with Gasteiger partial charge in [0, 0.05) is 45.4 Å². The second-order valence-corrected chi connectivity index (χ2v) is 15.0. The number of fused-ring (bicyclic) bond motifs is 4. The van der Waals surface area contributed by atoms with E-state index in [0.717, 1.165) is 100 Å². The van der Waals surface area contributed by atoms with Crippen LogP contribution >= 0.6 is 0 Å². The van der Waals surface area contributed by atoms with Crippen molar-refractivity contribution in [3.8, 4) is 78.4 Å². The normalized spacial score (nSPS) is 11.3. The standard InChI is InChI=1S/C56H36N4/c1-2-11-37(12-3-1)38-19-25-44(26-20-38)53-35-49(40-21-27-42(28-22-40)51-17-6-8-33-57-51)47-31-32-48-50(41-23-29-43(30-24-41)52-18-7-9-34-58-52)36-54(60-56(48)55(47)59-53)46-16-10-14-39-13-4-5-15-45(39)46/h1-36H. The Morgan fingerprint density at radius 2 is 0.700 bits per heavy atom. The molecule has 0 unspecified atom stereocenters. The summed E-state index contributed by atoms with van der Waals surface area (Å²) in [4.78, 5) is 20.3. The Bertz CT molecular complexity index is 3310. The largest absolute Gasteiger partial charge is 0.256 e. The maximum atomic E-state index is 5.57. The topological polar surface area (TPSA) is 51.6 Å². The number of aromatic nitrogens is 4. The number of rotatable bonds is 7. The molecule has 11 rings (SSSR count). The van der Waals surface area contributed by atoms with Gasteiger partial charge in [-0.3, -0.25) is 9.97 Å². The van der Waals surface area contributed by atoms with Crippen LogP contribution < -0.4 is 0 Å². The fourth-order valence-corrected chi connectivity index (χ4v) is 8.36. The Balaban J connectivity index is 1.16. The Kier molecular flexibility index (Phi) is 8.79. The van der Waals surface area contributed by atoms with Gasteiger partial charge in [0.2, 0.25) is 0 Å². The van der Waals surface area contributed by atoms with Gasteiger partial charge in [-0.25, -0.2) is 9.97 Å². The van der Waals surface area contributed by atoms with Crippen LogP contribution in [0.4, 0.5) is 0 Å². The van der Waals surface area contributed by atoms with Gasteiger partial charge in [-0.15, -0.1) is 0 Å². The van der Waals surface area contributed by atoms with Crippen molar-refractivity contribution in [2.24, 2.45) is 0 Å². The van der Waals surface area contributed by atoms with Crippen LogP contribution in [0.25, 0.3) is 111 Å². The van der Waals surface area contributed by atoms with E-state index in [-0.39, 0.29) is 0 Å². The van der Waals surface area contributed by atoms with E-state index < -0.39 is 0 Å². The van der Waals surface area contributed by atoms with E-state index in [1.807, 2.05) is 54.9 Å². The molecule has 0 atom stereocenters. The Labute approximate surface area is 348 Å². The quantitative estimate of drug-likeness (QED) is 0.152. The third-order valence-electron chi connectivity index (χ3n) is 11.4. The van der Waals surface area contributed by atoms with Gasteiger partial charge in [-0.2, -0.15) is 0 Å². The second-order valence-electron chi connectivity index (χ2n) is 15.0. The van der Waals surface area contributed by atoms with Crippen LogP contribution in [0.1, 0.15) is 0 Å². The number of hydrogen-bond acceptors (Lipinski definition) is 4. The maximum Gasteiger partial charge on any atom is 0.0978 e. The lowest BCUT2D eigenvalue weighted by Crippen LogP contribution is -1.96. The molecule has 0 saturated carbocycles. The zero-order valence-corrected chi connectivity index (χ0v) is 32.6. The monoisotopic (exact) mass is 764 g/mol. The minimum Gasteiger partial charge on any atom is -0.256 e. The van der Waals surface area contributed by atoms with Gasteiger partial charge in [0.15, 0.2) is 0 Å². The summed E-state index contributed by atoms with van der Waals surface area (Å²) in [5, 5.41) is 4.41. The fraction of sp³-hybridized carbons (Fsp3) is 0. The third-order valence-corrected chi connectivity index (χ3v) is 11.4. The van der Waals surface area contributed by atoms with Crippen LogP contribution in [0.2, 0.25) is 0 Å². The van der Waals surface area contributed by atoms with Gasteiger partial charge in [-0.05, 0) is 80.6 Å². The molecule has 60 heavy (non-hydrogen) atoms. The summed E-state index contributed by atoms with van der Waals surface area (Å²) >= 11 is 0. The highest BCUT2D eigenvalue weighted by Crippen LogP contribution is 2.41. The number of pyridine rings is 4. The van der Waals surface area contributed by atoms with Crippen molar-refractivity contribution in [1.29, 1.82) is 0 Å². The first-order chi connectivity index (χ1) is 29.7. The smallest absolute Gasteiger partial charge is 0.0978 e. The molecule has 0 aliphatic carbocycles. The highest BCUT2D eigenvalue weighted by Gasteiger charge is 2.19. The second kappa shape index (κ2) is 15.0. The van der Waals surface area contributed by atoms with Crippen molar-refractivity contribution < 1.29 is 0 Å². The summed E-state index contributed by atoms with van der Waals surface area (Å²) in [7, 11) is 0. The van der Waals surface area contributed by atoms with Crippen LogP contribution in [0.5, 0.6) is 0 Å². The molecule has 0 bridgehead atoms. The van der Waals surface area contributed by atoms with Crippen molar-refractivity contribution in [3.63, 3.8) is 0 Å². The molecule has 0 N–H and O–H groups in total. The molecule has 0 fully saturated rings. The molecule has 4 heteroatoms. The number of benzene rings is 7. The minimum atomic E-state index is 0.856. The molecule has 280 valence electrons. The summed E-state index contributed by atoms with van der Waals surface area (Å²) < 4.78 is 0. The van der Waals surface area contributed by atoms with Crippen molar-refractivity contribution in [2.75, 3.05) is 0 Å². The van der Waals surface area contributed by atoms with E-state index in [4.69, 9.17) is 9.97 Å². The fourth-order valence-electron chi connectivity index (χ4n) is 8.36. The zero-order valence-electron chi connectivity index (χ0n) is 32.6. The molecular weight excluding hydrogens is 729 g/mol. The summed E-state index contributed by atoms with van der Waals surface area (Å²) in [6.07, 6.45) is 3.67. The molecule has 0 spiro atoms. The third kappa shape index (κ3) is 6.47. The molecule has 4 nitrogen and oxygen atoms in total. The van der Waals surface area contributed by atoms with E-state index in [1.165, 1.54) is 10.9 Å². The van der Waals surface area contributed by atoms with Gasteiger partial charge >= 0.3 is 0 Å². The summed E-state index contributed by atoms with van der Waals surface area (Å²) in [5.74, 6) is 0. The first-order valence-corrected chi connectivity index (χ1v) is 20.2. The van der Waals surface area contributed by atoms with E-state index >= 15 is 0 Å². The predicted molar refractivity (Wildman–Crippen MR) is 248 cm³/mol. The average molecular weight is 765 g/mol. The molecule has 0 radical (unpaired) electrons.